The van der Waals surface area contributed by atoms with Crippen molar-refractivity contribution in [3.8, 4) is 5.75 Å². The summed E-state index contributed by atoms with van der Waals surface area (Å²) >= 11 is 0. The van der Waals surface area contributed by atoms with Gasteiger partial charge in [0.2, 0.25) is 5.91 Å². The number of carbonyl (C=O) groups is 3. The van der Waals surface area contributed by atoms with Gasteiger partial charge in [0.15, 0.2) is 11.5 Å². The minimum atomic E-state index is -0.909. The Bertz CT molecular complexity index is 1130. The maximum absolute atomic E-state index is 12.7. The molecule has 2 unspecified atom stereocenters. The van der Waals surface area contributed by atoms with Crippen LogP contribution >= 0.6 is 0 Å². The molecule has 10 heteroatoms. The molecule has 2 N–H and O–H groups in total. The van der Waals surface area contributed by atoms with Crippen LogP contribution in [0.5, 0.6) is 5.75 Å². The molecule has 4 rings (SSSR count). The Morgan fingerprint density at radius 1 is 1.19 bits per heavy atom. The van der Waals surface area contributed by atoms with Gasteiger partial charge in [-0.25, -0.2) is 4.79 Å². The molecule has 3 heterocycles. The highest BCUT2D eigenvalue weighted by Crippen LogP contribution is 2.18. The third-order valence-electron chi connectivity index (χ3n) is 5.10. The predicted molar refractivity (Wildman–Crippen MR) is 110 cm³/mol. The van der Waals surface area contributed by atoms with Crippen molar-refractivity contribution in [1.29, 1.82) is 0 Å². The Hall–Kier alpha value is -3.95. The van der Waals surface area contributed by atoms with E-state index in [-0.39, 0.29) is 18.9 Å². The number of amides is 4. The predicted octanol–water partition coefficient (Wildman–Crippen LogP) is 1.43. The van der Waals surface area contributed by atoms with E-state index in [1.54, 1.807) is 42.7 Å². The lowest BCUT2D eigenvalue weighted by molar-refractivity contribution is -0.131. The molecule has 0 radical (unpaired) electrons. The molecule has 2 aromatic heterocycles. The molecule has 1 saturated heterocycles. The highest BCUT2D eigenvalue weighted by molar-refractivity contribution is 6.05. The standard InChI is InChI=1S/C21H22N6O4/c1-13(19-25-24-17-5-3-4-10-26(17)19)22-18(28)11-16-20(29)27(21(30)23-16)12-14-6-8-15(31-2)9-7-14/h3-10,13,16H,11-12H2,1-2H3,(H,22,28)(H,23,30). The van der Waals surface area contributed by atoms with Crippen LogP contribution in [0.15, 0.2) is 48.7 Å². The number of imide groups is 1. The van der Waals surface area contributed by atoms with Crippen molar-refractivity contribution in [1.82, 2.24) is 30.1 Å². The summed E-state index contributed by atoms with van der Waals surface area (Å²) in [4.78, 5) is 38.6. The van der Waals surface area contributed by atoms with E-state index >= 15 is 0 Å². The van der Waals surface area contributed by atoms with E-state index in [0.29, 0.717) is 17.2 Å². The number of fused-ring (bicyclic) bond motifs is 1. The first-order valence-corrected chi connectivity index (χ1v) is 9.80. The van der Waals surface area contributed by atoms with Crippen molar-refractivity contribution in [2.75, 3.05) is 7.11 Å². The minimum absolute atomic E-state index is 0.120. The Kier molecular flexibility index (Phi) is 5.52. The van der Waals surface area contributed by atoms with Gasteiger partial charge in [0.1, 0.15) is 11.8 Å². The van der Waals surface area contributed by atoms with Gasteiger partial charge in [-0.05, 0) is 36.8 Å². The van der Waals surface area contributed by atoms with Crippen LogP contribution in [0.1, 0.15) is 30.8 Å². The van der Waals surface area contributed by atoms with Gasteiger partial charge in [0.05, 0.1) is 26.1 Å². The van der Waals surface area contributed by atoms with Crippen LogP contribution in [0.25, 0.3) is 5.65 Å². The van der Waals surface area contributed by atoms with Crippen molar-refractivity contribution in [2.45, 2.75) is 32.0 Å². The molecule has 4 amide bonds. The molecule has 10 nitrogen and oxygen atoms in total. The Labute approximate surface area is 178 Å². The Morgan fingerprint density at radius 2 is 1.97 bits per heavy atom. The highest BCUT2D eigenvalue weighted by Gasteiger charge is 2.39. The molecule has 1 fully saturated rings. The molecule has 0 saturated carbocycles. The summed E-state index contributed by atoms with van der Waals surface area (Å²) in [5.41, 5.74) is 1.45. The largest absolute Gasteiger partial charge is 0.497 e. The monoisotopic (exact) mass is 422 g/mol. The molecule has 0 aliphatic carbocycles. The second-order valence-electron chi connectivity index (χ2n) is 7.25. The number of rotatable bonds is 7. The van der Waals surface area contributed by atoms with Crippen LogP contribution in [0.2, 0.25) is 0 Å². The number of hydrogen-bond acceptors (Lipinski definition) is 6. The van der Waals surface area contributed by atoms with Crippen LogP contribution in [-0.4, -0.2) is 50.5 Å². The molecule has 0 spiro atoms. The smallest absolute Gasteiger partial charge is 0.325 e. The fraction of sp³-hybridized carbons (Fsp3) is 0.286. The molecular formula is C21H22N6O4. The second kappa shape index (κ2) is 8.42. The van der Waals surface area contributed by atoms with Crippen molar-refractivity contribution < 1.29 is 19.1 Å². The van der Waals surface area contributed by atoms with Gasteiger partial charge in [-0.1, -0.05) is 18.2 Å². The van der Waals surface area contributed by atoms with Crippen LogP contribution in [0.4, 0.5) is 4.79 Å². The van der Waals surface area contributed by atoms with Gasteiger partial charge in [-0.15, -0.1) is 10.2 Å². The lowest BCUT2D eigenvalue weighted by Crippen LogP contribution is -2.37. The molecule has 0 bridgehead atoms. The van der Waals surface area contributed by atoms with Gasteiger partial charge in [0, 0.05) is 6.20 Å². The van der Waals surface area contributed by atoms with Crippen molar-refractivity contribution in [3.05, 3.63) is 60.0 Å². The third-order valence-corrected chi connectivity index (χ3v) is 5.10. The maximum atomic E-state index is 12.7. The fourth-order valence-corrected chi connectivity index (χ4v) is 3.48. The SMILES string of the molecule is COc1ccc(CN2C(=O)NC(CC(=O)NC(C)c3nnc4ccccn34)C2=O)cc1. The zero-order chi connectivity index (χ0) is 22.0. The van der Waals surface area contributed by atoms with Crippen LogP contribution < -0.4 is 15.4 Å². The summed E-state index contributed by atoms with van der Waals surface area (Å²) in [7, 11) is 1.56. The average molecular weight is 422 g/mol. The van der Waals surface area contributed by atoms with Crippen molar-refractivity contribution >= 4 is 23.5 Å². The number of methoxy groups -OCH3 is 1. The number of benzene rings is 1. The molecule has 160 valence electrons. The normalized spacial score (nSPS) is 17.0. The number of nitrogens with one attached hydrogen (secondary N) is 2. The molecule has 1 aliphatic rings. The third kappa shape index (κ3) is 4.18. The highest BCUT2D eigenvalue weighted by atomic mass is 16.5. The van der Waals surface area contributed by atoms with E-state index in [1.165, 1.54) is 0 Å². The first-order valence-electron chi connectivity index (χ1n) is 9.80. The van der Waals surface area contributed by atoms with Gasteiger partial charge in [-0.2, -0.15) is 0 Å². The van der Waals surface area contributed by atoms with Crippen molar-refractivity contribution in [2.24, 2.45) is 0 Å². The van der Waals surface area contributed by atoms with Gasteiger partial charge in [-0.3, -0.25) is 18.9 Å². The minimum Gasteiger partial charge on any atom is -0.497 e. The van der Waals surface area contributed by atoms with E-state index in [0.717, 1.165) is 10.5 Å². The average Bonchev–Trinajstić information content (AvgIpc) is 3.31. The maximum Gasteiger partial charge on any atom is 0.325 e. The Balaban J connectivity index is 1.37. The fourth-order valence-electron chi connectivity index (χ4n) is 3.48. The Morgan fingerprint density at radius 3 is 2.71 bits per heavy atom. The van der Waals surface area contributed by atoms with Gasteiger partial charge >= 0.3 is 6.03 Å². The van der Waals surface area contributed by atoms with Gasteiger partial charge in [0.25, 0.3) is 5.91 Å². The lowest BCUT2D eigenvalue weighted by Gasteiger charge is -2.15. The van der Waals surface area contributed by atoms with E-state index in [9.17, 15) is 14.4 Å². The number of nitrogens with zero attached hydrogens (tertiary/aromatic N) is 4. The van der Waals surface area contributed by atoms with E-state index in [2.05, 4.69) is 20.8 Å². The van der Waals surface area contributed by atoms with Crippen molar-refractivity contribution in [3.63, 3.8) is 0 Å². The summed E-state index contributed by atoms with van der Waals surface area (Å²) in [5.74, 6) is 0.457. The molecule has 3 aromatic rings. The topological polar surface area (TPSA) is 118 Å². The molecule has 1 aromatic carbocycles. The lowest BCUT2D eigenvalue weighted by atomic mass is 10.1. The summed E-state index contributed by atoms with van der Waals surface area (Å²) in [6.07, 6.45) is 1.65. The summed E-state index contributed by atoms with van der Waals surface area (Å²) in [5, 5.41) is 13.6. The van der Waals surface area contributed by atoms with Crippen LogP contribution in [0, 0.1) is 0 Å². The number of pyridine rings is 1. The first kappa shape index (κ1) is 20.3. The van der Waals surface area contributed by atoms with Crippen LogP contribution in [-0.2, 0) is 16.1 Å². The zero-order valence-electron chi connectivity index (χ0n) is 17.1. The number of ether oxygens (including phenoxy) is 1. The number of aromatic nitrogens is 3. The molecule has 31 heavy (non-hydrogen) atoms. The van der Waals surface area contributed by atoms with E-state index < -0.39 is 24.0 Å². The molecular weight excluding hydrogens is 400 g/mol. The van der Waals surface area contributed by atoms with Gasteiger partial charge < -0.3 is 15.4 Å². The number of urea groups is 1. The number of hydrogen-bond donors (Lipinski definition) is 2. The second-order valence-corrected chi connectivity index (χ2v) is 7.25. The molecule has 1 aliphatic heterocycles. The summed E-state index contributed by atoms with van der Waals surface area (Å²) in [6, 6.07) is 10.7. The first-order chi connectivity index (χ1) is 15.0. The van der Waals surface area contributed by atoms with E-state index in [1.807, 2.05) is 24.4 Å². The number of carbonyl (C=O) groups excluding carboxylic acids is 3. The van der Waals surface area contributed by atoms with E-state index in [4.69, 9.17) is 4.74 Å². The zero-order valence-corrected chi connectivity index (χ0v) is 17.1. The summed E-state index contributed by atoms with van der Waals surface area (Å²) < 4.78 is 6.89. The quantitative estimate of drug-likeness (QED) is 0.556. The van der Waals surface area contributed by atoms with Crippen LogP contribution in [0.3, 0.4) is 0 Å². The molecule has 2 atom stereocenters. The summed E-state index contributed by atoms with van der Waals surface area (Å²) in [6.45, 7) is 1.90.